The summed E-state index contributed by atoms with van der Waals surface area (Å²) in [4.78, 5) is 0. The first-order valence-corrected chi connectivity index (χ1v) is 7.48. The van der Waals surface area contributed by atoms with Gasteiger partial charge in [-0.25, -0.2) is 0 Å². The zero-order valence-corrected chi connectivity index (χ0v) is 12.5. The molecule has 0 radical (unpaired) electrons. The molecule has 1 unspecified atom stereocenters. The molecule has 2 aromatic carbocycles. The Labute approximate surface area is 129 Å². The van der Waals surface area contributed by atoms with Crippen LogP contribution < -0.4 is 15.2 Å². The highest BCUT2D eigenvalue weighted by Crippen LogP contribution is 2.35. The molecule has 21 heavy (non-hydrogen) atoms. The quantitative estimate of drug-likeness (QED) is 0.935. The average Bonchev–Trinajstić information content (AvgIpc) is 2.52. The minimum atomic E-state index is 0.385. The van der Waals surface area contributed by atoms with E-state index in [1.807, 2.05) is 36.4 Å². The summed E-state index contributed by atoms with van der Waals surface area (Å²) in [6, 6.07) is 13.6. The Hall–Kier alpha value is -1.71. The summed E-state index contributed by atoms with van der Waals surface area (Å²) in [6.45, 7) is 1.85. The molecule has 2 aromatic rings. The van der Waals surface area contributed by atoms with Crippen LogP contribution in [-0.2, 0) is 6.61 Å². The van der Waals surface area contributed by atoms with Gasteiger partial charge in [0.2, 0.25) is 0 Å². The molecule has 0 amide bonds. The van der Waals surface area contributed by atoms with Gasteiger partial charge in [0.1, 0.15) is 18.1 Å². The van der Waals surface area contributed by atoms with Crippen molar-refractivity contribution in [1.82, 2.24) is 0 Å². The van der Waals surface area contributed by atoms with Gasteiger partial charge in [0.25, 0.3) is 0 Å². The average molecular weight is 304 g/mol. The molecule has 0 spiro atoms. The monoisotopic (exact) mass is 303 g/mol. The van der Waals surface area contributed by atoms with E-state index in [9.17, 15) is 0 Å². The van der Waals surface area contributed by atoms with E-state index in [4.69, 9.17) is 26.8 Å². The predicted molar refractivity (Wildman–Crippen MR) is 84.1 cm³/mol. The molecule has 0 saturated heterocycles. The van der Waals surface area contributed by atoms with Crippen molar-refractivity contribution in [2.24, 2.45) is 5.73 Å². The summed E-state index contributed by atoms with van der Waals surface area (Å²) >= 11 is 5.97. The standard InChI is InChI=1S/C17H18ClNO2/c18-14-3-1-2-12(8-14)11-21-15-4-5-16-13(10-19)6-7-20-17(16)9-15/h1-5,8-9,13H,6-7,10-11,19H2. The lowest BCUT2D eigenvalue weighted by Gasteiger charge is -2.25. The number of rotatable bonds is 4. The van der Waals surface area contributed by atoms with Gasteiger partial charge < -0.3 is 15.2 Å². The summed E-state index contributed by atoms with van der Waals surface area (Å²) in [5, 5.41) is 0.718. The molecule has 1 aliphatic heterocycles. The third kappa shape index (κ3) is 3.31. The Bertz CT molecular complexity index is 630. The van der Waals surface area contributed by atoms with Crippen LogP contribution in [0.1, 0.15) is 23.5 Å². The Morgan fingerprint density at radius 1 is 1.24 bits per heavy atom. The minimum Gasteiger partial charge on any atom is -0.493 e. The fourth-order valence-electron chi connectivity index (χ4n) is 2.57. The first kappa shape index (κ1) is 14.2. The topological polar surface area (TPSA) is 44.5 Å². The Morgan fingerprint density at radius 3 is 2.95 bits per heavy atom. The van der Waals surface area contributed by atoms with Crippen molar-refractivity contribution < 1.29 is 9.47 Å². The van der Waals surface area contributed by atoms with Crippen molar-refractivity contribution in [2.45, 2.75) is 18.9 Å². The Morgan fingerprint density at radius 2 is 2.14 bits per heavy atom. The molecular formula is C17H18ClNO2. The Kier molecular flexibility index (Phi) is 4.32. The lowest BCUT2D eigenvalue weighted by atomic mass is 9.93. The maximum atomic E-state index is 5.97. The minimum absolute atomic E-state index is 0.385. The summed E-state index contributed by atoms with van der Waals surface area (Å²) in [5.74, 6) is 2.07. The van der Waals surface area contributed by atoms with Crippen LogP contribution in [-0.4, -0.2) is 13.2 Å². The molecule has 0 aliphatic carbocycles. The lowest BCUT2D eigenvalue weighted by Crippen LogP contribution is -2.20. The van der Waals surface area contributed by atoms with Gasteiger partial charge in [-0.3, -0.25) is 0 Å². The third-order valence-corrected chi connectivity index (χ3v) is 3.96. The van der Waals surface area contributed by atoms with Crippen LogP contribution in [0.2, 0.25) is 5.02 Å². The second kappa shape index (κ2) is 6.37. The Balaban J connectivity index is 1.72. The summed E-state index contributed by atoms with van der Waals surface area (Å²) < 4.78 is 11.5. The van der Waals surface area contributed by atoms with Crippen LogP contribution in [0.5, 0.6) is 11.5 Å². The van der Waals surface area contributed by atoms with Gasteiger partial charge in [-0.05, 0) is 42.3 Å². The van der Waals surface area contributed by atoms with Crippen LogP contribution >= 0.6 is 11.6 Å². The van der Waals surface area contributed by atoms with E-state index in [0.717, 1.165) is 28.5 Å². The van der Waals surface area contributed by atoms with Crippen molar-refractivity contribution >= 4 is 11.6 Å². The summed E-state index contributed by atoms with van der Waals surface area (Å²) in [6.07, 6.45) is 0.978. The van der Waals surface area contributed by atoms with Gasteiger partial charge in [0.05, 0.1) is 6.61 Å². The number of halogens is 1. The van der Waals surface area contributed by atoms with Crippen molar-refractivity contribution in [3.05, 3.63) is 58.6 Å². The van der Waals surface area contributed by atoms with Gasteiger partial charge in [0.15, 0.2) is 0 Å². The highest BCUT2D eigenvalue weighted by atomic mass is 35.5. The molecule has 2 N–H and O–H groups in total. The molecule has 3 nitrogen and oxygen atoms in total. The fraction of sp³-hybridized carbons (Fsp3) is 0.294. The van der Waals surface area contributed by atoms with Crippen molar-refractivity contribution in [3.63, 3.8) is 0 Å². The van der Waals surface area contributed by atoms with Crippen LogP contribution in [0.25, 0.3) is 0 Å². The SMILES string of the molecule is NCC1CCOc2cc(OCc3cccc(Cl)c3)ccc21. The first-order chi connectivity index (χ1) is 10.3. The van der Waals surface area contributed by atoms with E-state index in [0.29, 0.717) is 25.7 Å². The van der Waals surface area contributed by atoms with E-state index >= 15 is 0 Å². The maximum absolute atomic E-state index is 5.97. The second-order valence-electron chi connectivity index (χ2n) is 5.19. The molecule has 0 fully saturated rings. The van der Waals surface area contributed by atoms with E-state index in [1.54, 1.807) is 0 Å². The van der Waals surface area contributed by atoms with Gasteiger partial charge >= 0.3 is 0 Å². The summed E-state index contributed by atoms with van der Waals surface area (Å²) in [5.41, 5.74) is 8.03. The molecular weight excluding hydrogens is 286 g/mol. The number of hydrogen-bond acceptors (Lipinski definition) is 3. The number of hydrogen-bond donors (Lipinski definition) is 1. The van der Waals surface area contributed by atoms with Gasteiger partial charge in [-0.2, -0.15) is 0 Å². The molecule has 0 bridgehead atoms. The third-order valence-electron chi connectivity index (χ3n) is 3.73. The van der Waals surface area contributed by atoms with Crippen molar-refractivity contribution in [3.8, 4) is 11.5 Å². The largest absolute Gasteiger partial charge is 0.493 e. The number of fused-ring (bicyclic) bond motifs is 1. The number of nitrogens with two attached hydrogens (primary N) is 1. The van der Waals surface area contributed by atoms with Crippen molar-refractivity contribution in [1.29, 1.82) is 0 Å². The van der Waals surface area contributed by atoms with Crippen LogP contribution in [0, 0.1) is 0 Å². The molecule has 1 heterocycles. The zero-order chi connectivity index (χ0) is 14.7. The smallest absolute Gasteiger partial charge is 0.126 e. The van der Waals surface area contributed by atoms with E-state index in [2.05, 4.69) is 6.07 Å². The van der Waals surface area contributed by atoms with Gasteiger partial charge in [0, 0.05) is 17.0 Å². The van der Waals surface area contributed by atoms with E-state index < -0.39 is 0 Å². The molecule has 4 heteroatoms. The van der Waals surface area contributed by atoms with Crippen LogP contribution in [0.15, 0.2) is 42.5 Å². The highest BCUT2D eigenvalue weighted by molar-refractivity contribution is 6.30. The van der Waals surface area contributed by atoms with E-state index in [1.165, 1.54) is 5.56 Å². The predicted octanol–water partition coefficient (Wildman–Crippen LogP) is 3.74. The van der Waals surface area contributed by atoms with E-state index in [-0.39, 0.29) is 0 Å². The lowest BCUT2D eigenvalue weighted by molar-refractivity contribution is 0.262. The fourth-order valence-corrected chi connectivity index (χ4v) is 2.78. The van der Waals surface area contributed by atoms with Crippen LogP contribution in [0.4, 0.5) is 0 Å². The maximum Gasteiger partial charge on any atom is 0.126 e. The molecule has 1 aliphatic rings. The molecule has 0 saturated carbocycles. The highest BCUT2D eigenvalue weighted by Gasteiger charge is 2.20. The first-order valence-electron chi connectivity index (χ1n) is 7.10. The molecule has 0 aromatic heterocycles. The normalized spacial score (nSPS) is 17.0. The van der Waals surface area contributed by atoms with Crippen LogP contribution in [0.3, 0.4) is 0 Å². The number of benzene rings is 2. The van der Waals surface area contributed by atoms with Gasteiger partial charge in [-0.15, -0.1) is 0 Å². The molecule has 3 rings (SSSR count). The van der Waals surface area contributed by atoms with Crippen molar-refractivity contribution in [2.75, 3.05) is 13.2 Å². The zero-order valence-electron chi connectivity index (χ0n) is 11.7. The molecule has 1 atom stereocenters. The second-order valence-corrected chi connectivity index (χ2v) is 5.62. The van der Waals surface area contributed by atoms with Gasteiger partial charge in [-0.1, -0.05) is 29.8 Å². The summed E-state index contributed by atoms with van der Waals surface area (Å²) in [7, 11) is 0. The molecule has 110 valence electrons. The number of ether oxygens (including phenoxy) is 2.